The molecule has 0 bridgehead atoms. The molecule has 2 heterocycles. The van der Waals surface area contributed by atoms with E-state index in [1.807, 2.05) is 30.3 Å². The number of amides is 1. The molecule has 0 atom stereocenters. The van der Waals surface area contributed by atoms with E-state index < -0.39 is 4.92 Å². The Morgan fingerprint density at radius 2 is 2.03 bits per heavy atom. The van der Waals surface area contributed by atoms with Crippen molar-refractivity contribution in [3.8, 4) is 5.75 Å². The molecule has 2 aromatic heterocycles. The predicted octanol–water partition coefficient (Wildman–Crippen LogP) is 4.85. The van der Waals surface area contributed by atoms with Crippen LogP contribution in [-0.4, -0.2) is 27.9 Å². The number of anilines is 1. The number of nitrogens with zero attached hydrogens (tertiary/aromatic N) is 4. The molecule has 0 saturated heterocycles. The van der Waals surface area contributed by atoms with Crippen LogP contribution < -0.4 is 9.64 Å². The molecule has 0 fully saturated rings. The van der Waals surface area contributed by atoms with Gasteiger partial charge in [-0.05, 0) is 47.5 Å². The first kappa shape index (κ1) is 21.1. The number of pyridine rings is 1. The number of nitro benzene ring substituents is 1. The summed E-state index contributed by atoms with van der Waals surface area (Å²) in [7, 11) is 1.59. The number of hydrogen-bond donors (Lipinski definition) is 0. The molecule has 160 valence electrons. The normalized spacial score (nSPS) is 11.0. The molecule has 0 aliphatic rings. The number of methoxy groups -OCH3 is 1. The first-order valence-electron chi connectivity index (χ1n) is 9.61. The third-order valence-corrected chi connectivity index (χ3v) is 5.73. The summed E-state index contributed by atoms with van der Waals surface area (Å²) >= 11 is 1.41. The molecule has 0 aliphatic carbocycles. The average molecular weight is 446 g/mol. The van der Waals surface area contributed by atoms with Gasteiger partial charge in [-0.2, -0.15) is 0 Å². The van der Waals surface area contributed by atoms with Crippen molar-refractivity contribution in [1.82, 2.24) is 9.97 Å². The highest BCUT2D eigenvalue weighted by Gasteiger charge is 2.19. The van der Waals surface area contributed by atoms with Gasteiger partial charge in [0, 0.05) is 36.7 Å². The Bertz CT molecular complexity index is 1290. The van der Waals surface area contributed by atoms with E-state index in [0.29, 0.717) is 23.0 Å². The Morgan fingerprint density at radius 1 is 1.22 bits per heavy atom. The van der Waals surface area contributed by atoms with Crippen LogP contribution in [0.25, 0.3) is 16.3 Å². The molecule has 0 saturated carbocycles. The molecular formula is C23H18N4O4S. The number of fused-ring (bicyclic) bond motifs is 1. The number of ether oxygens (including phenoxy) is 1. The summed E-state index contributed by atoms with van der Waals surface area (Å²) in [5.41, 5.74) is 2.28. The lowest BCUT2D eigenvalue weighted by atomic mass is 10.2. The van der Waals surface area contributed by atoms with E-state index in [2.05, 4.69) is 9.97 Å². The van der Waals surface area contributed by atoms with Gasteiger partial charge in [0.2, 0.25) is 0 Å². The second kappa shape index (κ2) is 9.36. The molecule has 4 aromatic rings. The van der Waals surface area contributed by atoms with Gasteiger partial charge in [0.15, 0.2) is 5.13 Å². The Hall–Kier alpha value is -4.11. The van der Waals surface area contributed by atoms with E-state index in [1.165, 1.54) is 29.5 Å². The first-order valence-corrected chi connectivity index (χ1v) is 10.4. The van der Waals surface area contributed by atoms with Crippen molar-refractivity contribution in [2.75, 3.05) is 12.0 Å². The van der Waals surface area contributed by atoms with E-state index in [9.17, 15) is 14.9 Å². The Morgan fingerprint density at radius 3 is 2.72 bits per heavy atom. The van der Waals surface area contributed by atoms with Crippen LogP contribution in [0, 0.1) is 10.1 Å². The third-order valence-electron chi connectivity index (χ3n) is 4.67. The van der Waals surface area contributed by atoms with Crippen LogP contribution in [0.5, 0.6) is 5.75 Å². The van der Waals surface area contributed by atoms with Crippen molar-refractivity contribution in [2.45, 2.75) is 6.54 Å². The second-order valence-corrected chi connectivity index (χ2v) is 7.81. The van der Waals surface area contributed by atoms with Gasteiger partial charge in [-0.1, -0.05) is 17.4 Å². The monoisotopic (exact) mass is 446 g/mol. The zero-order chi connectivity index (χ0) is 22.5. The Labute approximate surface area is 187 Å². The highest BCUT2D eigenvalue weighted by atomic mass is 32.1. The lowest BCUT2D eigenvalue weighted by Gasteiger charge is -2.18. The van der Waals surface area contributed by atoms with Crippen LogP contribution in [0.1, 0.15) is 11.1 Å². The van der Waals surface area contributed by atoms with Crippen molar-refractivity contribution >= 4 is 44.4 Å². The minimum atomic E-state index is -0.462. The number of benzene rings is 2. The average Bonchev–Trinajstić information content (AvgIpc) is 3.24. The number of aromatic nitrogens is 2. The van der Waals surface area contributed by atoms with Crippen LogP contribution in [0.3, 0.4) is 0 Å². The zero-order valence-corrected chi connectivity index (χ0v) is 17.9. The van der Waals surface area contributed by atoms with Gasteiger partial charge in [0.25, 0.3) is 11.6 Å². The number of rotatable bonds is 7. The topological polar surface area (TPSA) is 98.5 Å². The summed E-state index contributed by atoms with van der Waals surface area (Å²) in [4.78, 5) is 33.9. The number of carbonyl (C=O) groups excluding carboxylic acids is 1. The molecule has 0 N–H and O–H groups in total. The Balaban J connectivity index is 1.64. The maximum Gasteiger partial charge on any atom is 0.269 e. The predicted molar refractivity (Wildman–Crippen MR) is 124 cm³/mol. The van der Waals surface area contributed by atoms with E-state index in [1.54, 1.807) is 42.6 Å². The molecule has 0 spiro atoms. The summed E-state index contributed by atoms with van der Waals surface area (Å²) in [5.74, 6) is 0.427. The fraction of sp³-hybridized carbons (Fsp3) is 0.0870. The maximum atomic E-state index is 13.1. The highest BCUT2D eigenvalue weighted by molar-refractivity contribution is 7.22. The maximum absolute atomic E-state index is 13.1. The van der Waals surface area contributed by atoms with Gasteiger partial charge >= 0.3 is 0 Å². The summed E-state index contributed by atoms with van der Waals surface area (Å²) in [6.07, 6.45) is 6.44. The van der Waals surface area contributed by atoms with Gasteiger partial charge in [-0.15, -0.1) is 0 Å². The fourth-order valence-corrected chi connectivity index (χ4v) is 3.97. The van der Waals surface area contributed by atoms with Crippen molar-refractivity contribution < 1.29 is 14.5 Å². The summed E-state index contributed by atoms with van der Waals surface area (Å²) in [5, 5.41) is 11.4. The van der Waals surface area contributed by atoms with Crippen LogP contribution in [0.2, 0.25) is 0 Å². The molecule has 0 radical (unpaired) electrons. The van der Waals surface area contributed by atoms with E-state index >= 15 is 0 Å². The molecule has 0 unspecified atom stereocenters. The van der Waals surface area contributed by atoms with Gasteiger partial charge < -0.3 is 4.74 Å². The van der Waals surface area contributed by atoms with Crippen LogP contribution in [0.15, 0.2) is 73.1 Å². The second-order valence-electron chi connectivity index (χ2n) is 6.80. The SMILES string of the molecule is COc1ccc2sc(N(Cc3cccnc3)C(=O)/C=C/c3ccc([N+](=O)[O-])cc3)nc2c1. The smallest absolute Gasteiger partial charge is 0.269 e. The highest BCUT2D eigenvalue weighted by Crippen LogP contribution is 2.32. The minimum Gasteiger partial charge on any atom is -0.497 e. The zero-order valence-electron chi connectivity index (χ0n) is 17.0. The fourth-order valence-electron chi connectivity index (χ4n) is 3.02. The lowest BCUT2D eigenvalue weighted by molar-refractivity contribution is -0.384. The van der Waals surface area contributed by atoms with Crippen molar-refractivity contribution in [3.63, 3.8) is 0 Å². The quantitative estimate of drug-likeness (QED) is 0.229. The molecule has 0 aliphatic heterocycles. The molecule has 32 heavy (non-hydrogen) atoms. The van der Waals surface area contributed by atoms with Gasteiger partial charge in [-0.3, -0.25) is 24.8 Å². The molecule has 1 amide bonds. The van der Waals surface area contributed by atoms with Crippen molar-refractivity contribution in [3.05, 3.63) is 94.3 Å². The molecule has 4 rings (SSSR count). The van der Waals surface area contributed by atoms with Crippen LogP contribution in [-0.2, 0) is 11.3 Å². The number of non-ortho nitro benzene ring substituents is 1. The van der Waals surface area contributed by atoms with Crippen molar-refractivity contribution in [1.29, 1.82) is 0 Å². The van der Waals surface area contributed by atoms with Gasteiger partial charge in [0.1, 0.15) is 5.75 Å². The van der Waals surface area contributed by atoms with Gasteiger partial charge in [0.05, 0.1) is 28.8 Å². The van der Waals surface area contributed by atoms with Gasteiger partial charge in [-0.25, -0.2) is 4.98 Å². The van der Waals surface area contributed by atoms with E-state index in [4.69, 9.17) is 4.74 Å². The third kappa shape index (κ3) is 4.79. The number of hydrogen-bond acceptors (Lipinski definition) is 7. The Kier molecular flexibility index (Phi) is 6.18. The molecular weight excluding hydrogens is 428 g/mol. The van der Waals surface area contributed by atoms with Crippen molar-refractivity contribution in [2.24, 2.45) is 0 Å². The number of nitro groups is 1. The van der Waals surface area contributed by atoms with E-state index in [0.717, 1.165) is 15.8 Å². The van der Waals surface area contributed by atoms with Crippen LogP contribution >= 0.6 is 11.3 Å². The molecule has 9 heteroatoms. The van der Waals surface area contributed by atoms with Crippen LogP contribution in [0.4, 0.5) is 10.8 Å². The summed E-state index contributed by atoms with van der Waals surface area (Å²) in [6, 6.07) is 15.3. The number of thiazole rings is 1. The minimum absolute atomic E-state index is 0.00316. The largest absolute Gasteiger partial charge is 0.497 e. The summed E-state index contributed by atoms with van der Waals surface area (Å²) < 4.78 is 6.20. The molecule has 8 nitrogen and oxygen atoms in total. The first-order chi connectivity index (χ1) is 15.5. The summed E-state index contributed by atoms with van der Waals surface area (Å²) in [6.45, 7) is 0.300. The van der Waals surface area contributed by atoms with E-state index in [-0.39, 0.29) is 11.6 Å². The lowest BCUT2D eigenvalue weighted by Crippen LogP contribution is -2.28. The molecule has 2 aromatic carbocycles. The number of carbonyl (C=O) groups is 1. The standard InChI is InChI=1S/C23H18N4O4S/c1-31-19-9-10-21-20(13-19)25-23(32-21)26(15-17-3-2-12-24-14-17)22(28)11-6-16-4-7-18(8-5-16)27(29)30/h2-14H,15H2,1H3/b11-6+.